The first-order valence-electron chi connectivity index (χ1n) is 8.40. The Balaban J connectivity index is 1.80. The fourth-order valence-electron chi connectivity index (χ4n) is 3.40. The number of nitro groups is 1. The van der Waals surface area contributed by atoms with Gasteiger partial charge in [-0.05, 0) is 37.7 Å². The number of likely N-dealkylation sites (N-methyl/N-ethyl adjacent to an activating group) is 1. The molecule has 0 saturated heterocycles. The minimum atomic E-state index is -0.686. The van der Waals surface area contributed by atoms with Gasteiger partial charge in [0.1, 0.15) is 6.54 Å². The molecule has 134 valence electrons. The molecule has 0 bridgehead atoms. The van der Waals surface area contributed by atoms with E-state index in [9.17, 15) is 19.7 Å². The van der Waals surface area contributed by atoms with Gasteiger partial charge in [-0.2, -0.15) is 0 Å². The van der Waals surface area contributed by atoms with Crippen molar-refractivity contribution < 1.29 is 14.1 Å². The number of non-ortho nitro benzene ring substituents is 1. The number of hydrogen-bond acceptors (Lipinski definition) is 5. The van der Waals surface area contributed by atoms with E-state index in [1.807, 2.05) is 0 Å². The molecular weight excluding hydrogens is 326 g/mol. The summed E-state index contributed by atoms with van der Waals surface area (Å²) < 4.78 is 6.29. The maximum Gasteiger partial charge on any atom is 0.420 e. The van der Waals surface area contributed by atoms with Gasteiger partial charge in [0.25, 0.3) is 5.69 Å². The van der Waals surface area contributed by atoms with Crippen molar-refractivity contribution in [1.29, 1.82) is 0 Å². The molecule has 1 aromatic heterocycles. The zero-order chi connectivity index (χ0) is 18.1. The van der Waals surface area contributed by atoms with Crippen LogP contribution in [-0.2, 0) is 11.3 Å². The summed E-state index contributed by atoms with van der Waals surface area (Å²) >= 11 is 0. The fourth-order valence-corrected chi connectivity index (χ4v) is 3.40. The van der Waals surface area contributed by atoms with Crippen LogP contribution in [0.15, 0.2) is 27.4 Å². The number of amides is 1. The number of oxazole rings is 1. The molecule has 2 aromatic rings. The molecule has 0 N–H and O–H groups in total. The molecule has 1 heterocycles. The lowest BCUT2D eigenvalue weighted by Gasteiger charge is -2.33. The Morgan fingerprint density at radius 2 is 2.04 bits per heavy atom. The second-order valence-corrected chi connectivity index (χ2v) is 6.78. The van der Waals surface area contributed by atoms with Crippen LogP contribution in [0.5, 0.6) is 0 Å². The molecule has 0 radical (unpaired) electrons. The van der Waals surface area contributed by atoms with Gasteiger partial charge in [0, 0.05) is 19.2 Å². The van der Waals surface area contributed by atoms with Crippen LogP contribution in [0.2, 0.25) is 0 Å². The van der Waals surface area contributed by atoms with Crippen LogP contribution in [0.25, 0.3) is 11.1 Å². The van der Waals surface area contributed by atoms with E-state index in [2.05, 4.69) is 6.92 Å². The van der Waals surface area contributed by atoms with Gasteiger partial charge in [-0.25, -0.2) is 4.79 Å². The first kappa shape index (κ1) is 17.2. The second kappa shape index (κ2) is 6.70. The Kier molecular flexibility index (Phi) is 4.61. The van der Waals surface area contributed by atoms with Crippen molar-refractivity contribution in [3.8, 4) is 0 Å². The molecule has 1 aliphatic rings. The fraction of sp³-hybridized carbons (Fsp3) is 0.529. The Hall–Kier alpha value is -2.64. The van der Waals surface area contributed by atoms with Crippen LogP contribution < -0.4 is 5.76 Å². The highest BCUT2D eigenvalue weighted by molar-refractivity contribution is 5.80. The molecule has 0 spiro atoms. The molecule has 1 aromatic carbocycles. The monoisotopic (exact) mass is 347 g/mol. The minimum absolute atomic E-state index is 0.112. The molecule has 1 fully saturated rings. The first-order valence-corrected chi connectivity index (χ1v) is 8.40. The molecule has 1 saturated carbocycles. The average molecular weight is 347 g/mol. The van der Waals surface area contributed by atoms with E-state index in [1.54, 1.807) is 11.9 Å². The summed E-state index contributed by atoms with van der Waals surface area (Å²) in [4.78, 5) is 36.6. The van der Waals surface area contributed by atoms with Crippen molar-refractivity contribution in [3.63, 3.8) is 0 Å². The normalized spacial score (nSPS) is 20.6. The molecule has 0 unspecified atom stereocenters. The third kappa shape index (κ3) is 3.42. The van der Waals surface area contributed by atoms with Crippen LogP contribution in [0.1, 0.15) is 32.6 Å². The Bertz CT molecular complexity index is 861. The SMILES string of the molecule is CC1CCC(N(C)C(=O)Cn2c(=O)oc3cc([N+](=O)[O-])ccc32)CC1. The van der Waals surface area contributed by atoms with Gasteiger partial charge in [0.15, 0.2) is 5.58 Å². The predicted octanol–water partition coefficient (Wildman–Crippen LogP) is 2.54. The van der Waals surface area contributed by atoms with E-state index in [4.69, 9.17) is 4.42 Å². The van der Waals surface area contributed by atoms with Crippen molar-refractivity contribution in [1.82, 2.24) is 9.47 Å². The first-order chi connectivity index (χ1) is 11.9. The number of fused-ring (bicyclic) bond motifs is 1. The predicted molar refractivity (Wildman–Crippen MR) is 91.3 cm³/mol. The van der Waals surface area contributed by atoms with Crippen molar-refractivity contribution in [2.75, 3.05) is 7.05 Å². The van der Waals surface area contributed by atoms with Crippen molar-refractivity contribution in [2.24, 2.45) is 5.92 Å². The largest absolute Gasteiger partial charge is 0.420 e. The van der Waals surface area contributed by atoms with Gasteiger partial charge < -0.3 is 9.32 Å². The van der Waals surface area contributed by atoms with E-state index in [0.29, 0.717) is 11.4 Å². The van der Waals surface area contributed by atoms with E-state index >= 15 is 0 Å². The topological polar surface area (TPSA) is 98.6 Å². The van der Waals surface area contributed by atoms with Crippen molar-refractivity contribution in [3.05, 3.63) is 38.9 Å². The highest BCUT2D eigenvalue weighted by Gasteiger charge is 2.26. The maximum absolute atomic E-state index is 12.6. The summed E-state index contributed by atoms with van der Waals surface area (Å²) in [7, 11) is 1.77. The van der Waals surface area contributed by atoms with Gasteiger partial charge >= 0.3 is 5.76 Å². The standard InChI is InChI=1S/C17H21N3O5/c1-11-3-5-12(6-4-11)18(2)16(21)10-19-14-8-7-13(20(23)24)9-15(14)25-17(19)22/h7-9,11-12H,3-6,10H2,1-2H3. The third-order valence-corrected chi connectivity index (χ3v) is 5.08. The average Bonchev–Trinajstić information content (AvgIpc) is 2.89. The van der Waals surface area contributed by atoms with Crippen LogP contribution >= 0.6 is 0 Å². The molecule has 1 amide bonds. The van der Waals surface area contributed by atoms with Gasteiger partial charge in [-0.15, -0.1) is 0 Å². The Morgan fingerprint density at radius 1 is 1.36 bits per heavy atom. The lowest BCUT2D eigenvalue weighted by molar-refractivity contribution is -0.384. The summed E-state index contributed by atoms with van der Waals surface area (Å²) in [5.74, 6) is -0.159. The van der Waals surface area contributed by atoms with E-state index in [1.165, 1.54) is 22.8 Å². The number of aromatic nitrogens is 1. The summed E-state index contributed by atoms with van der Waals surface area (Å²) in [6.07, 6.45) is 4.13. The number of hydrogen-bond donors (Lipinski definition) is 0. The highest BCUT2D eigenvalue weighted by atomic mass is 16.6. The molecule has 0 aliphatic heterocycles. The molecule has 3 rings (SSSR count). The van der Waals surface area contributed by atoms with Gasteiger partial charge in [0.05, 0.1) is 16.5 Å². The summed E-state index contributed by atoms with van der Waals surface area (Å²) in [6, 6.07) is 4.13. The number of rotatable bonds is 4. The van der Waals surface area contributed by atoms with Crippen LogP contribution in [0.4, 0.5) is 5.69 Å². The maximum atomic E-state index is 12.6. The quantitative estimate of drug-likeness (QED) is 0.625. The summed E-state index contributed by atoms with van der Waals surface area (Å²) in [5, 5.41) is 10.8. The minimum Gasteiger partial charge on any atom is -0.407 e. The molecule has 8 heteroatoms. The number of carbonyl (C=O) groups is 1. The molecule has 0 atom stereocenters. The molecule has 25 heavy (non-hydrogen) atoms. The van der Waals surface area contributed by atoms with E-state index < -0.39 is 10.7 Å². The second-order valence-electron chi connectivity index (χ2n) is 6.78. The highest BCUT2D eigenvalue weighted by Crippen LogP contribution is 2.27. The number of carbonyl (C=O) groups excluding carboxylic acids is 1. The third-order valence-electron chi connectivity index (χ3n) is 5.08. The lowest BCUT2D eigenvalue weighted by atomic mass is 9.87. The molecule has 1 aliphatic carbocycles. The summed E-state index contributed by atoms with van der Waals surface area (Å²) in [5.41, 5.74) is 0.337. The van der Waals surface area contributed by atoms with Crippen molar-refractivity contribution in [2.45, 2.75) is 45.2 Å². The Labute approximate surface area is 144 Å². The summed E-state index contributed by atoms with van der Waals surface area (Å²) in [6.45, 7) is 2.08. The smallest absolute Gasteiger partial charge is 0.407 e. The lowest BCUT2D eigenvalue weighted by Crippen LogP contribution is -2.41. The zero-order valence-electron chi connectivity index (χ0n) is 14.3. The van der Waals surface area contributed by atoms with Gasteiger partial charge in [-0.3, -0.25) is 19.5 Å². The van der Waals surface area contributed by atoms with Crippen molar-refractivity contribution >= 4 is 22.7 Å². The van der Waals surface area contributed by atoms with Crippen LogP contribution in [0.3, 0.4) is 0 Å². The molecule has 8 nitrogen and oxygen atoms in total. The van der Waals surface area contributed by atoms with Crippen LogP contribution in [0, 0.1) is 16.0 Å². The number of benzene rings is 1. The van der Waals surface area contributed by atoms with Crippen LogP contribution in [-0.4, -0.2) is 33.4 Å². The number of nitro benzene ring substituents is 1. The Morgan fingerprint density at radius 3 is 2.68 bits per heavy atom. The van der Waals surface area contributed by atoms with E-state index in [0.717, 1.165) is 25.7 Å². The number of nitrogens with zero attached hydrogens (tertiary/aromatic N) is 3. The molecular formula is C17H21N3O5. The van der Waals surface area contributed by atoms with E-state index in [-0.39, 0.29) is 29.8 Å². The zero-order valence-corrected chi connectivity index (χ0v) is 14.3. The van der Waals surface area contributed by atoms with Gasteiger partial charge in [-0.1, -0.05) is 6.92 Å². The van der Waals surface area contributed by atoms with Gasteiger partial charge in [0.2, 0.25) is 5.91 Å².